The molecule has 0 fully saturated rings. The summed E-state index contributed by atoms with van der Waals surface area (Å²) in [5.41, 5.74) is -1.50. The smallest absolute Gasteiger partial charge is 0.322 e. The maximum Gasteiger partial charge on any atom is 0.322 e. The summed E-state index contributed by atoms with van der Waals surface area (Å²) < 4.78 is 35.5. The van der Waals surface area contributed by atoms with Crippen LogP contribution in [-0.4, -0.2) is 36.7 Å². The molecule has 0 unspecified atom stereocenters. The van der Waals surface area contributed by atoms with E-state index in [1.165, 1.54) is 17.0 Å². The lowest BCUT2D eigenvalue weighted by Crippen LogP contribution is -2.53. The maximum atomic E-state index is 13.5. The summed E-state index contributed by atoms with van der Waals surface area (Å²) in [4.78, 5) is 19.7. The van der Waals surface area contributed by atoms with Crippen LogP contribution >= 0.6 is 46.4 Å². The van der Waals surface area contributed by atoms with Crippen molar-refractivity contribution in [1.82, 2.24) is 9.62 Å². The van der Waals surface area contributed by atoms with Crippen molar-refractivity contribution in [3.05, 3.63) is 92.4 Å². The van der Waals surface area contributed by atoms with Gasteiger partial charge < -0.3 is 4.74 Å². The van der Waals surface area contributed by atoms with Gasteiger partial charge in [0.15, 0.2) is 0 Å². The summed E-state index contributed by atoms with van der Waals surface area (Å²) in [5, 5.41) is 0.150. The van der Waals surface area contributed by atoms with Crippen molar-refractivity contribution >= 4 is 67.6 Å². The average molecular weight is 671 g/mol. The molecule has 0 spiro atoms. The Hall–Kier alpha value is -2.33. The lowest BCUT2D eigenvalue weighted by Gasteiger charge is -2.44. The van der Waals surface area contributed by atoms with E-state index in [2.05, 4.69) is 4.72 Å². The second kappa shape index (κ2) is 11.6. The van der Waals surface area contributed by atoms with Crippen molar-refractivity contribution in [3.8, 4) is 5.75 Å². The molecule has 0 saturated heterocycles. The van der Waals surface area contributed by atoms with Crippen LogP contribution in [-0.2, 0) is 21.1 Å². The van der Waals surface area contributed by atoms with Gasteiger partial charge >= 0.3 is 5.37 Å². The van der Waals surface area contributed by atoms with Gasteiger partial charge in [-0.3, -0.25) is 14.7 Å². The van der Waals surface area contributed by atoms with Crippen LogP contribution in [0.3, 0.4) is 0 Å². The van der Waals surface area contributed by atoms with Gasteiger partial charge in [-0.1, -0.05) is 59.1 Å². The zero-order chi connectivity index (χ0) is 31.3. The highest BCUT2D eigenvalue weighted by Crippen LogP contribution is 2.54. The lowest BCUT2D eigenvalue weighted by atomic mass is 9.71. The molecular formula is C30H31Cl4N3O4S. The van der Waals surface area contributed by atoms with Crippen molar-refractivity contribution in [2.45, 2.75) is 63.1 Å². The van der Waals surface area contributed by atoms with Gasteiger partial charge in [0.05, 0.1) is 17.2 Å². The highest BCUT2D eigenvalue weighted by molar-refractivity contribution is 7.89. The van der Waals surface area contributed by atoms with E-state index in [0.717, 1.165) is 5.56 Å². The minimum atomic E-state index is -4.10. The van der Waals surface area contributed by atoms with Gasteiger partial charge in [-0.05, 0) is 94.6 Å². The van der Waals surface area contributed by atoms with E-state index in [-0.39, 0.29) is 33.7 Å². The molecule has 0 aromatic heterocycles. The lowest BCUT2D eigenvalue weighted by molar-refractivity contribution is 0.149. The van der Waals surface area contributed by atoms with Gasteiger partial charge in [0, 0.05) is 21.7 Å². The van der Waals surface area contributed by atoms with Crippen LogP contribution in [0.25, 0.3) is 0 Å². The Morgan fingerprint density at radius 2 is 1.48 bits per heavy atom. The molecular weight excluding hydrogens is 640 g/mol. The second-order valence-corrected chi connectivity index (χ2v) is 14.5. The van der Waals surface area contributed by atoms with Crippen LogP contribution in [0.15, 0.2) is 70.6 Å². The molecule has 0 bridgehead atoms. The molecule has 1 N–H and O–H groups in total. The molecule has 12 heteroatoms. The minimum absolute atomic E-state index is 0.0535. The molecule has 4 rings (SSSR count). The number of hydrogen-bond donors (Lipinski definition) is 1. The normalized spacial score (nSPS) is 20.9. The first-order valence-electron chi connectivity index (χ1n) is 13.1. The third-order valence-electron chi connectivity index (χ3n) is 7.23. The molecule has 0 saturated carbocycles. The Labute approximate surface area is 266 Å². The predicted octanol–water partition coefficient (Wildman–Crippen LogP) is 8.37. The number of rotatable bonds is 7. The second-order valence-electron chi connectivity index (χ2n) is 11.2. The molecule has 3 aromatic rings. The first-order chi connectivity index (χ1) is 19.4. The summed E-state index contributed by atoms with van der Waals surface area (Å²) in [6.45, 7) is 10.9. The molecule has 2 atom stereocenters. The maximum absolute atomic E-state index is 13.5. The van der Waals surface area contributed by atoms with E-state index in [0.29, 0.717) is 15.6 Å². The van der Waals surface area contributed by atoms with Gasteiger partial charge in [-0.25, -0.2) is 13.1 Å². The molecule has 1 aliphatic heterocycles. The highest BCUT2D eigenvalue weighted by Gasteiger charge is 2.59. The van der Waals surface area contributed by atoms with Crippen LogP contribution in [0.1, 0.15) is 58.2 Å². The zero-order valence-corrected chi connectivity index (χ0v) is 27.8. The van der Waals surface area contributed by atoms with E-state index >= 15 is 0 Å². The number of carbonyl (C=O) groups is 1. The van der Waals surface area contributed by atoms with E-state index < -0.39 is 32.0 Å². The summed E-state index contributed by atoms with van der Waals surface area (Å²) in [5.74, 6) is 0.343. The van der Waals surface area contributed by atoms with Crippen LogP contribution in [0, 0.1) is 0 Å². The molecule has 1 heterocycles. The number of sulfonamides is 1. The Balaban J connectivity index is 2.08. The number of nitrogens with one attached hydrogen (secondary N) is 1. The van der Waals surface area contributed by atoms with Crippen molar-refractivity contribution in [3.63, 3.8) is 0 Å². The number of nitrogens with zero attached hydrogens (tertiary/aromatic N) is 2. The van der Waals surface area contributed by atoms with Crippen molar-refractivity contribution < 1.29 is 17.9 Å². The number of amides is 1. The minimum Gasteiger partial charge on any atom is -0.493 e. The molecule has 224 valence electrons. The first-order valence-corrected chi connectivity index (χ1v) is 16.1. The van der Waals surface area contributed by atoms with Gasteiger partial charge in [0.2, 0.25) is 10.0 Å². The van der Waals surface area contributed by atoms with E-state index in [9.17, 15) is 13.2 Å². The van der Waals surface area contributed by atoms with Gasteiger partial charge in [0.25, 0.3) is 0 Å². The van der Waals surface area contributed by atoms with Crippen molar-refractivity contribution in [1.29, 1.82) is 0 Å². The fraction of sp³-hybridized carbons (Fsp3) is 0.333. The molecule has 0 radical (unpaired) electrons. The quantitative estimate of drug-likeness (QED) is 0.202. The summed E-state index contributed by atoms with van der Waals surface area (Å²) >= 11 is 25.3. The number of carbonyl (C=O) groups excluding carboxylic acids is 1. The summed E-state index contributed by atoms with van der Waals surface area (Å²) in [6.07, 6.45) is 0. The van der Waals surface area contributed by atoms with E-state index in [1.54, 1.807) is 64.1 Å². The number of halogens is 4. The zero-order valence-electron chi connectivity index (χ0n) is 23.9. The highest BCUT2D eigenvalue weighted by atomic mass is 35.5. The van der Waals surface area contributed by atoms with Crippen molar-refractivity contribution in [2.75, 3.05) is 6.61 Å². The number of amidine groups is 1. The number of hydrogen-bond acceptors (Lipinski definition) is 5. The third kappa shape index (κ3) is 5.90. The van der Waals surface area contributed by atoms with Crippen LogP contribution in [0.4, 0.5) is 4.79 Å². The molecule has 3 aromatic carbocycles. The van der Waals surface area contributed by atoms with E-state index in [1.807, 2.05) is 26.0 Å². The third-order valence-corrected chi connectivity index (χ3v) is 10.1. The monoisotopic (exact) mass is 669 g/mol. The fourth-order valence-corrected chi connectivity index (χ4v) is 7.66. The average Bonchev–Trinajstić information content (AvgIpc) is 3.12. The Kier molecular flexibility index (Phi) is 9.03. The standard InChI is InChI=1S/C30H31Cl4N3O4S/c1-7-41-24-17-23(33)25(42(39,40)36-28(2,3)4)16-22(24)26-35-29(5,18-8-12-20(31)13-9-18)30(6,37(26)27(34)38)19-10-14-21(32)15-11-19/h8-17,36H,7H2,1-6H3/t29-,30+/m0/s1. The van der Waals surface area contributed by atoms with E-state index in [4.69, 9.17) is 56.1 Å². The molecule has 0 aliphatic carbocycles. The van der Waals surface area contributed by atoms with Crippen LogP contribution < -0.4 is 9.46 Å². The Bertz CT molecular complexity index is 1660. The summed E-state index contributed by atoms with van der Waals surface area (Å²) in [6, 6.07) is 16.9. The number of benzene rings is 3. The van der Waals surface area contributed by atoms with Crippen LogP contribution in [0.5, 0.6) is 5.75 Å². The van der Waals surface area contributed by atoms with Crippen molar-refractivity contribution in [2.24, 2.45) is 4.99 Å². The molecule has 7 nitrogen and oxygen atoms in total. The largest absolute Gasteiger partial charge is 0.493 e. The van der Waals surface area contributed by atoms with Crippen LogP contribution in [0.2, 0.25) is 15.1 Å². The molecule has 42 heavy (non-hydrogen) atoms. The van der Waals surface area contributed by atoms with Gasteiger partial charge in [0.1, 0.15) is 27.6 Å². The van der Waals surface area contributed by atoms with Gasteiger partial charge in [-0.2, -0.15) is 0 Å². The fourth-order valence-electron chi connectivity index (χ4n) is 5.19. The summed E-state index contributed by atoms with van der Waals surface area (Å²) in [7, 11) is -4.10. The molecule has 1 aliphatic rings. The first kappa shape index (κ1) is 32.6. The SMILES string of the molecule is CCOc1cc(Cl)c(S(=O)(=O)NC(C)(C)C)cc1C1=N[C@@](C)(c2ccc(Cl)cc2)[C@@](C)(c2ccc(Cl)cc2)N1C(=O)Cl. The molecule has 1 amide bonds. The number of aliphatic imine (C=N–C) groups is 1. The topological polar surface area (TPSA) is 88.1 Å². The Morgan fingerprint density at radius 3 is 1.95 bits per heavy atom. The number of ether oxygens (including phenoxy) is 1. The Morgan fingerprint density at radius 1 is 0.952 bits per heavy atom. The van der Waals surface area contributed by atoms with Gasteiger partial charge in [-0.15, -0.1) is 0 Å². The predicted molar refractivity (Wildman–Crippen MR) is 170 cm³/mol.